The zero-order valence-electron chi connectivity index (χ0n) is 10.8. The predicted octanol–water partition coefficient (Wildman–Crippen LogP) is 3.97. The third-order valence-corrected chi connectivity index (χ3v) is 3.95. The minimum atomic E-state index is 0.744. The summed E-state index contributed by atoms with van der Waals surface area (Å²) in [6.45, 7) is 6.60. The summed E-state index contributed by atoms with van der Waals surface area (Å²) < 4.78 is 2.10. The summed E-state index contributed by atoms with van der Waals surface area (Å²) in [5.74, 6) is 1.83. The van der Waals surface area contributed by atoms with E-state index < -0.39 is 0 Å². The minimum Gasteiger partial charge on any atom is -0.302 e. The molecule has 2 aromatic rings. The summed E-state index contributed by atoms with van der Waals surface area (Å²) in [6, 6.07) is 7.88. The van der Waals surface area contributed by atoms with Crippen LogP contribution in [-0.2, 0) is 18.7 Å². The van der Waals surface area contributed by atoms with Crippen molar-refractivity contribution in [3.05, 3.63) is 53.3 Å². The number of hydrogen-bond acceptors (Lipinski definition) is 3. The van der Waals surface area contributed by atoms with E-state index >= 15 is 0 Å². The summed E-state index contributed by atoms with van der Waals surface area (Å²) >= 11 is 7.65. The van der Waals surface area contributed by atoms with Crippen LogP contribution in [0.3, 0.4) is 0 Å². The van der Waals surface area contributed by atoms with Crippen LogP contribution in [0, 0.1) is 0 Å². The van der Waals surface area contributed by atoms with E-state index in [2.05, 4.69) is 34.3 Å². The molecule has 0 fully saturated rings. The van der Waals surface area contributed by atoms with E-state index in [1.165, 1.54) is 5.56 Å². The van der Waals surface area contributed by atoms with Crippen molar-refractivity contribution in [3.8, 4) is 0 Å². The van der Waals surface area contributed by atoms with Gasteiger partial charge < -0.3 is 4.57 Å². The fourth-order valence-electron chi connectivity index (χ4n) is 1.77. The molecule has 0 N–H and O–H groups in total. The Balaban J connectivity index is 2.10. The number of allylic oxidation sites excluding steroid dienone is 1. The van der Waals surface area contributed by atoms with E-state index in [-0.39, 0.29) is 0 Å². The molecule has 5 heteroatoms. The second-order valence-electron chi connectivity index (χ2n) is 4.07. The predicted molar refractivity (Wildman–Crippen MR) is 80.6 cm³/mol. The Hall–Kier alpha value is -1.26. The number of benzene rings is 1. The first kappa shape index (κ1) is 14.2. The van der Waals surface area contributed by atoms with E-state index in [1.807, 2.05) is 24.3 Å². The van der Waals surface area contributed by atoms with Crippen LogP contribution >= 0.6 is 23.4 Å². The van der Waals surface area contributed by atoms with Gasteiger partial charge in [-0.05, 0) is 17.7 Å². The molecule has 0 bridgehead atoms. The summed E-state index contributed by atoms with van der Waals surface area (Å²) in [7, 11) is 0. The lowest BCUT2D eigenvalue weighted by molar-refractivity contribution is 0.685. The van der Waals surface area contributed by atoms with Crippen LogP contribution in [0.5, 0.6) is 0 Å². The van der Waals surface area contributed by atoms with Crippen molar-refractivity contribution in [2.45, 2.75) is 30.8 Å². The van der Waals surface area contributed by atoms with Crippen LogP contribution in [-0.4, -0.2) is 14.8 Å². The Bertz CT molecular complexity index is 566. The normalized spacial score (nSPS) is 10.6. The van der Waals surface area contributed by atoms with Gasteiger partial charge in [0.1, 0.15) is 5.82 Å². The number of thioether (sulfide) groups is 1. The molecule has 0 saturated carbocycles. The number of rotatable bonds is 6. The molecule has 0 unspecified atom stereocenters. The molecule has 0 spiro atoms. The van der Waals surface area contributed by atoms with Gasteiger partial charge in [0.05, 0.1) is 0 Å². The average molecular weight is 294 g/mol. The Morgan fingerprint density at radius 3 is 2.95 bits per heavy atom. The Morgan fingerprint density at radius 1 is 1.42 bits per heavy atom. The van der Waals surface area contributed by atoms with Crippen molar-refractivity contribution >= 4 is 23.4 Å². The molecule has 2 rings (SSSR count). The molecule has 0 radical (unpaired) electrons. The summed E-state index contributed by atoms with van der Waals surface area (Å²) in [5.41, 5.74) is 1.18. The molecule has 0 aliphatic heterocycles. The second-order valence-corrected chi connectivity index (χ2v) is 5.45. The van der Waals surface area contributed by atoms with Gasteiger partial charge in [-0.15, -0.1) is 16.8 Å². The van der Waals surface area contributed by atoms with Crippen LogP contribution in [0.2, 0.25) is 5.02 Å². The fourth-order valence-corrected chi connectivity index (χ4v) is 2.90. The molecule has 0 amide bonds. The molecule has 0 saturated heterocycles. The Kier molecular flexibility index (Phi) is 5.05. The van der Waals surface area contributed by atoms with Crippen molar-refractivity contribution < 1.29 is 0 Å². The zero-order valence-corrected chi connectivity index (χ0v) is 12.4. The molecule has 100 valence electrons. The van der Waals surface area contributed by atoms with Crippen molar-refractivity contribution in [3.63, 3.8) is 0 Å². The van der Waals surface area contributed by atoms with Gasteiger partial charge in [0.15, 0.2) is 5.16 Å². The van der Waals surface area contributed by atoms with Crippen LogP contribution in [0.4, 0.5) is 0 Å². The molecule has 1 aromatic heterocycles. The van der Waals surface area contributed by atoms with Crippen LogP contribution in [0.1, 0.15) is 18.3 Å². The lowest BCUT2D eigenvalue weighted by Crippen LogP contribution is -2.02. The van der Waals surface area contributed by atoms with Crippen molar-refractivity contribution in [2.75, 3.05) is 0 Å². The minimum absolute atomic E-state index is 0.744. The van der Waals surface area contributed by atoms with Crippen LogP contribution < -0.4 is 0 Å². The van der Waals surface area contributed by atoms with Gasteiger partial charge in [-0.25, -0.2) is 0 Å². The highest BCUT2D eigenvalue weighted by Gasteiger charge is 2.10. The van der Waals surface area contributed by atoms with Gasteiger partial charge in [-0.1, -0.05) is 48.5 Å². The van der Waals surface area contributed by atoms with Gasteiger partial charge in [0.2, 0.25) is 0 Å². The summed E-state index contributed by atoms with van der Waals surface area (Å²) in [6.07, 6.45) is 2.74. The smallest absolute Gasteiger partial charge is 0.191 e. The maximum absolute atomic E-state index is 5.98. The quantitative estimate of drug-likeness (QED) is 0.596. The van der Waals surface area contributed by atoms with Gasteiger partial charge in [0.25, 0.3) is 0 Å². The monoisotopic (exact) mass is 293 g/mol. The number of nitrogens with zero attached hydrogens (tertiary/aromatic N) is 3. The molecular formula is C14H16ClN3S. The average Bonchev–Trinajstić information content (AvgIpc) is 2.79. The number of aromatic nitrogens is 3. The highest BCUT2D eigenvalue weighted by atomic mass is 35.5. The molecule has 19 heavy (non-hydrogen) atoms. The third kappa shape index (κ3) is 3.61. The lowest BCUT2D eigenvalue weighted by atomic mass is 10.2. The van der Waals surface area contributed by atoms with Crippen molar-refractivity contribution in [1.82, 2.24) is 14.8 Å². The summed E-state index contributed by atoms with van der Waals surface area (Å²) in [5, 5.41) is 10.1. The SMILES string of the molecule is C=CCn1c(CC)nnc1SCc1cccc(Cl)c1. The third-order valence-electron chi connectivity index (χ3n) is 2.68. The number of aryl methyl sites for hydroxylation is 1. The standard InChI is InChI=1S/C14H16ClN3S/c1-3-8-18-13(4-2)16-17-14(18)19-10-11-6-5-7-12(15)9-11/h3,5-7,9H,1,4,8,10H2,2H3. The zero-order chi connectivity index (χ0) is 13.7. The van der Waals surface area contributed by atoms with E-state index in [0.717, 1.165) is 34.7 Å². The first-order valence-electron chi connectivity index (χ1n) is 6.14. The molecule has 0 atom stereocenters. The van der Waals surface area contributed by atoms with E-state index in [0.29, 0.717) is 0 Å². The molecule has 3 nitrogen and oxygen atoms in total. The number of halogens is 1. The lowest BCUT2D eigenvalue weighted by Gasteiger charge is -2.06. The number of hydrogen-bond donors (Lipinski definition) is 0. The Labute approximate surface area is 122 Å². The largest absolute Gasteiger partial charge is 0.302 e. The molecule has 0 aliphatic carbocycles. The maximum Gasteiger partial charge on any atom is 0.191 e. The fraction of sp³-hybridized carbons (Fsp3) is 0.286. The van der Waals surface area contributed by atoms with Crippen LogP contribution in [0.25, 0.3) is 0 Å². The van der Waals surface area contributed by atoms with Gasteiger partial charge in [-0.3, -0.25) is 0 Å². The highest BCUT2D eigenvalue weighted by molar-refractivity contribution is 7.98. The molecule has 1 heterocycles. The molecular weight excluding hydrogens is 278 g/mol. The van der Waals surface area contributed by atoms with E-state index in [9.17, 15) is 0 Å². The molecule has 0 aliphatic rings. The van der Waals surface area contributed by atoms with Crippen molar-refractivity contribution in [2.24, 2.45) is 0 Å². The second kappa shape index (κ2) is 6.78. The maximum atomic E-state index is 5.98. The Morgan fingerprint density at radius 2 is 2.26 bits per heavy atom. The van der Waals surface area contributed by atoms with Crippen LogP contribution in [0.15, 0.2) is 42.1 Å². The highest BCUT2D eigenvalue weighted by Crippen LogP contribution is 2.23. The van der Waals surface area contributed by atoms with Crippen molar-refractivity contribution in [1.29, 1.82) is 0 Å². The first-order chi connectivity index (χ1) is 9.24. The van der Waals surface area contributed by atoms with E-state index in [4.69, 9.17) is 11.6 Å². The first-order valence-corrected chi connectivity index (χ1v) is 7.51. The van der Waals surface area contributed by atoms with Gasteiger partial charge in [-0.2, -0.15) is 0 Å². The topological polar surface area (TPSA) is 30.7 Å². The summed E-state index contributed by atoms with van der Waals surface area (Å²) in [4.78, 5) is 0. The molecule has 1 aromatic carbocycles. The van der Waals surface area contributed by atoms with Gasteiger partial charge >= 0.3 is 0 Å². The van der Waals surface area contributed by atoms with Gasteiger partial charge in [0, 0.05) is 23.7 Å². The van der Waals surface area contributed by atoms with E-state index in [1.54, 1.807) is 11.8 Å².